The van der Waals surface area contributed by atoms with E-state index in [1.807, 2.05) is 24.5 Å². The number of fused-ring (bicyclic) bond motifs is 1. The van der Waals surface area contributed by atoms with Crippen LogP contribution in [0.1, 0.15) is 18.9 Å². The molecule has 0 saturated heterocycles. The van der Waals surface area contributed by atoms with Crippen LogP contribution in [0, 0.1) is 5.92 Å². The van der Waals surface area contributed by atoms with Crippen molar-refractivity contribution >= 4 is 11.0 Å². The topological polar surface area (TPSA) is 51.2 Å². The van der Waals surface area contributed by atoms with Gasteiger partial charge in [0, 0.05) is 17.5 Å². The molecule has 92 valence electrons. The minimum Gasteiger partial charge on any atom is -0.464 e. The molecule has 1 aromatic heterocycles. The van der Waals surface area contributed by atoms with Gasteiger partial charge in [-0.05, 0) is 31.5 Å². The molecule has 1 unspecified atom stereocenters. The zero-order valence-corrected chi connectivity index (χ0v) is 10.3. The Balaban J connectivity index is 1.87. The van der Waals surface area contributed by atoms with Gasteiger partial charge in [-0.2, -0.15) is 0 Å². The van der Waals surface area contributed by atoms with Crippen molar-refractivity contribution < 1.29 is 4.42 Å². The summed E-state index contributed by atoms with van der Waals surface area (Å²) >= 11 is 0. The fourth-order valence-electron chi connectivity index (χ4n) is 1.86. The highest BCUT2D eigenvalue weighted by atomic mass is 16.3. The minimum atomic E-state index is 0.587. The van der Waals surface area contributed by atoms with Crippen molar-refractivity contribution in [2.75, 3.05) is 13.1 Å². The van der Waals surface area contributed by atoms with Crippen molar-refractivity contribution in [3.8, 4) is 0 Å². The summed E-state index contributed by atoms with van der Waals surface area (Å²) in [4.78, 5) is 0. The summed E-state index contributed by atoms with van der Waals surface area (Å²) in [7, 11) is 0. The Hall–Kier alpha value is -1.32. The lowest BCUT2D eigenvalue weighted by atomic mass is 10.1. The third-order valence-corrected chi connectivity index (χ3v) is 3.09. The van der Waals surface area contributed by atoms with Crippen molar-refractivity contribution in [2.24, 2.45) is 11.7 Å². The summed E-state index contributed by atoms with van der Waals surface area (Å²) in [6.07, 6.45) is 2.95. The van der Waals surface area contributed by atoms with E-state index in [1.165, 1.54) is 10.9 Å². The highest BCUT2D eigenvalue weighted by molar-refractivity contribution is 5.80. The molecule has 0 aliphatic rings. The van der Waals surface area contributed by atoms with Crippen LogP contribution in [0.3, 0.4) is 0 Å². The molecule has 0 aliphatic heterocycles. The van der Waals surface area contributed by atoms with Gasteiger partial charge in [0.25, 0.3) is 0 Å². The van der Waals surface area contributed by atoms with Crippen molar-refractivity contribution in [2.45, 2.75) is 19.9 Å². The second-order valence-corrected chi connectivity index (χ2v) is 4.56. The van der Waals surface area contributed by atoms with E-state index in [1.54, 1.807) is 0 Å². The van der Waals surface area contributed by atoms with Gasteiger partial charge in [0.05, 0.1) is 6.26 Å². The van der Waals surface area contributed by atoms with E-state index in [0.717, 1.165) is 31.6 Å². The highest BCUT2D eigenvalue weighted by Crippen LogP contribution is 2.20. The van der Waals surface area contributed by atoms with Gasteiger partial charge in [0.15, 0.2) is 0 Å². The average molecular weight is 232 g/mol. The first-order valence-electron chi connectivity index (χ1n) is 6.17. The summed E-state index contributed by atoms with van der Waals surface area (Å²) in [5.74, 6) is 0.587. The highest BCUT2D eigenvalue weighted by Gasteiger charge is 2.04. The van der Waals surface area contributed by atoms with Crippen LogP contribution in [0.25, 0.3) is 11.0 Å². The largest absolute Gasteiger partial charge is 0.464 e. The number of para-hydroxylation sites is 1. The zero-order chi connectivity index (χ0) is 12.1. The number of nitrogens with two attached hydrogens (primary N) is 1. The lowest BCUT2D eigenvalue weighted by Crippen LogP contribution is -2.20. The fourth-order valence-corrected chi connectivity index (χ4v) is 1.86. The van der Waals surface area contributed by atoms with E-state index in [4.69, 9.17) is 10.2 Å². The standard InChI is InChI=1S/C14H20N2O/c1-11(8-15)6-7-16-9-12-10-17-14-5-3-2-4-13(12)14/h2-5,10-11,16H,6-9,15H2,1H3. The molecule has 1 heterocycles. The lowest BCUT2D eigenvalue weighted by molar-refractivity contribution is 0.508. The molecular formula is C14H20N2O. The first kappa shape index (κ1) is 12.1. The molecule has 0 bridgehead atoms. The van der Waals surface area contributed by atoms with Crippen LogP contribution in [0.5, 0.6) is 0 Å². The van der Waals surface area contributed by atoms with E-state index < -0.39 is 0 Å². The van der Waals surface area contributed by atoms with E-state index in [2.05, 4.69) is 18.3 Å². The average Bonchev–Trinajstić information content (AvgIpc) is 2.78. The summed E-state index contributed by atoms with van der Waals surface area (Å²) in [6.45, 7) is 4.79. The number of nitrogens with one attached hydrogen (secondary N) is 1. The third-order valence-electron chi connectivity index (χ3n) is 3.09. The van der Waals surface area contributed by atoms with Crippen LogP contribution in [-0.2, 0) is 6.54 Å². The second kappa shape index (κ2) is 5.84. The van der Waals surface area contributed by atoms with E-state index >= 15 is 0 Å². The molecule has 0 fully saturated rings. The molecule has 0 spiro atoms. The SMILES string of the molecule is CC(CN)CCNCc1coc2ccccc12. The van der Waals surface area contributed by atoms with Gasteiger partial charge >= 0.3 is 0 Å². The van der Waals surface area contributed by atoms with Crippen molar-refractivity contribution in [3.05, 3.63) is 36.1 Å². The molecule has 2 rings (SSSR count). The Kier molecular flexibility index (Phi) is 4.18. The van der Waals surface area contributed by atoms with Gasteiger partial charge in [-0.25, -0.2) is 0 Å². The Bertz CT molecular complexity index is 464. The first-order valence-corrected chi connectivity index (χ1v) is 6.17. The molecule has 0 amide bonds. The van der Waals surface area contributed by atoms with Crippen LogP contribution in [0.2, 0.25) is 0 Å². The van der Waals surface area contributed by atoms with Gasteiger partial charge in [0.2, 0.25) is 0 Å². The predicted octanol–water partition coefficient (Wildman–Crippen LogP) is 2.51. The Labute approximate surface area is 102 Å². The fraction of sp³-hybridized carbons (Fsp3) is 0.429. The maximum atomic E-state index is 5.58. The molecule has 17 heavy (non-hydrogen) atoms. The molecule has 0 aliphatic carbocycles. The molecule has 3 heteroatoms. The zero-order valence-electron chi connectivity index (χ0n) is 10.3. The van der Waals surface area contributed by atoms with Gasteiger partial charge in [-0.3, -0.25) is 0 Å². The van der Waals surface area contributed by atoms with Gasteiger partial charge in [-0.15, -0.1) is 0 Å². The van der Waals surface area contributed by atoms with Gasteiger partial charge in [-0.1, -0.05) is 25.1 Å². The molecule has 0 radical (unpaired) electrons. The number of benzene rings is 1. The summed E-state index contributed by atoms with van der Waals surface area (Å²) < 4.78 is 5.49. The molecule has 1 atom stereocenters. The molecule has 2 aromatic rings. The second-order valence-electron chi connectivity index (χ2n) is 4.56. The van der Waals surface area contributed by atoms with Crippen LogP contribution >= 0.6 is 0 Å². The van der Waals surface area contributed by atoms with Crippen molar-refractivity contribution in [1.82, 2.24) is 5.32 Å². The van der Waals surface area contributed by atoms with Crippen LogP contribution in [-0.4, -0.2) is 13.1 Å². The van der Waals surface area contributed by atoms with Crippen molar-refractivity contribution in [1.29, 1.82) is 0 Å². The lowest BCUT2D eigenvalue weighted by Gasteiger charge is -2.08. The van der Waals surface area contributed by atoms with Crippen LogP contribution in [0.4, 0.5) is 0 Å². The molecule has 0 saturated carbocycles. The molecule has 1 aromatic carbocycles. The van der Waals surface area contributed by atoms with Crippen molar-refractivity contribution in [3.63, 3.8) is 0 Å². The van der Waals surface area contributed by atoms with E-state index in [-0.39, 0.29) is 0 Å². The van der Waals surface area contributed by atoms with Gasteiger partial charge < -0.3 is 15.5 Å². The Morgan fingerprint density at radius 1 is 1.35 bits per heavy atom. The third kappa shape index (κ3) is 3.08. The smallest absolute Gasteiger partial charge is 0.134 e. The molecular weight excluding hydrogens is 212 g/mol. The summed E-state index contributed by atoms with van der Waals surface area (Å²) in [5.41, 5.74) is 7.76. The number of hydrogen-bond donors (Lipinski definition) is 2. The maximum absolute atomic E-state index is 5.58. The monoisotopic (exact) mass is 232 g/mol. The number of hydrogen-bond acceptors (Lipinski definition) is 3. The first-order chi connectivity index (χ1) is 8.31. The summed E-state index contributed by atoms with van der Waals surface area (Å²) in [5, 5.41) is 4.63. The molecule has 3 nitrogen and oxygen atoms in total. The Morgan fingerprint density at radius 2 is 2.18 bits per heavy atom. The normalized spacial score (nSPS) is 13.1. The predicted molar refractivity (Wildman–Crippen MR) is 70.8 cm³/mol. The summed E-state index contributed by atoms with van der Waals surface area (Å²) in [6, 6.07) is 8.12. The van der Waals surface area contributed by atoms with E-state index in [0.29, 0.717) is 5.92 Å². The van der Waals surface area contributed by atoms with Gasteiger partial charge in [0.1, 0.15) is 5.58 Å². The van der Waals surface area contributed by atoms with Crippen LogP contribution < -0.4 is 11.1 Å². The number of rotatable bonds is 6. The minimum absolute atomic E-state index is 0.587. The molecule has 3 N–H and O–H groups in total. The maximum Gasteiger partial charge on any atom is 0.134 e. The number of furan rings is 1. The van der Waals surface area contributed by atoms with E-state index in [9.17, 15) is 0 Å². The quantitative estimate of drug-likeness (QED) is 0.752. The van der Waals surface area contributed by atoms with Crippen LogP contribution in [0.15, 0.2) is 34.9 Å². The Morgan fingerprint density at radius 3 is 3.00 bits per heavy atom.